The molecule has 12 atom stereocenters. The zero-order valence-corrected chi connectivity index (χ0v) is 51.0. The number of Topliss-reactive ketones (excluding diaryl/α,β-unsaturated/α-hetero) is 1. The molecule has 7 amide bonds. The topological polar surface area (TPSA) is 277 Å². The first-order valence-electron chi connectivity index (χ1n) is 29.4. The SMILES string of the molecule is CC[C@H](C)[C@@H]1NC(=O)[C@@H](NC(=O)[C@@H](CC(C)C)N2CC[C@]3(CCCN3C(=O)OC(C)(C)C)C2=O)[C@@H](C)OC(=O)[C@H](Cc2ccc(OC)cc2)N(C)C(=O)[C@@H]2CCCN2C(=O)[C@H](CC(C)C)NC(=O)[C@@H](C)C(=O)[C@H](C(C)C)OC(=O)C[C@@H]1O. The molecule has 0 aliphatic carbocycles. The van der Waals surface area contributed by atoms with E-state index in [0.717, 1.165) is 0 Å². The minimum Gasteiger partial charge on any atom is -0.497 e. The Labute approximate surface area is 484 Å². The normalized spacial score (nSPS) is 28.7. The molecule has 0 radical (unpaired) electrons. The summed E-state index contributed by atoms with van der Waals surface area (Å²) in [5, 5.41) is 20.3. The van der Waals surface area contributed by atoms with E-state index in [0.29, 0.717) is 37.0 Å². The number of amides is 7. The van der Waals surface area contributed by atoms with Crippen LogP contribution in [-0.2, 0) is 63.8 Å². The van der Waals surface area contributed by atoms with Gasteiger partial charge < -0.3 is 54.7 Å². The van der Waals surface area contributed by atoms with Crippen molar-refractivity contribution in [3.63, 3.8) is 0 Å². The molecular weight excluding hydrogens is 1060 g/mol. The lowest BCUT2D eigenvalue weighted by Crippen LogP contribution is -2.62. The Morgan fingerprint density at radius 1 is 0.854 bits per heavy atom. The summed E-state index contributed by atoms with van der Waals surface area (Å²) in [6.07, 6.45) is -3.79. The number of esters is 2. The van der Waals surface area contributed by atoms with Crippen LogP contribution in [0.25, 0.3) is 0 Å². The van der Waals surface area contributed by atoms with Crippen LogP contribution < -0.4 is 20.7 Å². The van der Waals surface area contributed by atoms with Gasteiger partial charge in [-0.3, -0.25) is 43.3 Å². The van der Waals surface area contributed by atoms with Crippen LogP contribution in [0.15, 0.2) is 24.3 Å². The number of likely N-dealkylation sites (tertiary alicyclic amines) is 2. The van der Waals surface area contributed by atoms with E-state index in [9.17, 15) is 38.7 Å². The number of fused-ring (bicyclic) bond motifs is 1. The fraction of sp³-hybridized carbons (Fsp3) is 0.733. The number of cyclic esters (lactones) is 2. The Kier molecular flexibility index (Phi) is 22.9. The van der Waals surface area contributed by atoms with Crippen molar-refractivity contribution in [3.05, 3.63) is 29.8 Å². The van der Waals surface area contributed by atoms with E-state index < -0.39 is 149 Å². The van der Waals surface area contributed by atoms with Gasteiger partial charge in [0.1, 0.15) is 53.2 Å². The number of methoxy groups -OCH3 is 1. The molecule has 4 heterocycles. The van der Waals surface area contributed by atoms with Crippen molar-refractivity contribution in [2.45, 2.75) is 220 Å². The highest BCUT2D eigenvalue weighted by atomic mass is 16.6. The van der Waals surface area contributed by atoms with Crippen molar-refractivity contribution >= 4 is 59.3 Å². The molecule has 0 saturated carbocycles. The minimum atomic E-state index is -1.74. The van der Waals surface area contributed by atoms with Crippen LogP contribution in [0.1, 0.15) is 153 Å². The lowest BCUT2D eigenvalue weighted by atomic mass is 9.91. The van der Waals surface area contributed by atoms with E-state index in [2.05, 4.69) is 16.0 Å². The lowest BCUT2D eigenvalue weighted by molar-refractivity contribution is -0.163. The van der Waals surface area contributed by atoms with E-state index >= 15 is 14.4 Å². The molecule has 82 heavy (non-hydrogen) atoms. The van der Waals surface area contributed by atoms with E-state index in [1.54, 1.807) is 72.7 Å². The van der Waals surface area contributed by atoms with Crippen molar-refractivity contribution in [1.82, 2.24) is 35.6 Å². The van der Waals surface area contributed by atoms with Gasteiger partial charge in [0.15, 0.2) is 11.9 Å². The van der Waals surface area contributed by atoms with Crippen LogP contribution in [0.2, 0.25) is 0 Å². The molecule has 22 heteroatoms. The molecule has 1 spiro atoms. The first-order valence-corrected chi connectivity index (χ1v) is 29.4. The van der Waals surface area contributed by atoms with E-state index in [1.807, 2.05) is 27.7 Å². The number of nitrogens with one attached hydrogen (secondary N) is 3. The number of nitrogens with zero attached hydrogens (tertiary/aromatic N) is 4. The largest absolute Gasteiger partial charge is 0.497 e. The van der Waals surface area contributed by atoms with Gasteiger partial charge in [0.25, 0.3) is 0 Å². The van der Waals surface area contributed by atoms with Gasteiger partial charge in [-0.15, -0.1) is 0 Å². The van der Waals surface area contributed by atoms with E-state index in [1.165, 1.54) is 47.6 Å². The third kappa shape index (κ3) is 16.1. The predicted octanol–water partition coefficient (Wildman–Crippen LogP) is 4.49. The molecule has 22 nitrogen and oxygen atoms in total. The molecule has 4 N–H and O–H groups in total. The number of carbonyl (C=O) groups is 10. The maximum atomic E-state index is 15.1. The van der Waals surface area contributed by atoms with Gasteiger partial charge in [0.2, 0.25) is 35.4 Å². The van der Waals surface area contributed by atoms with Gasteiger partial charge in [-0.25, -0.2) is 9.59 Å². The Morgan fingerprint density at radius 3 is 2.10 bits per heavy atom. The van der Waals surface area contributed by atoms with Crippen molar-refractivity contribution in [2.75, 3.05) is 33.8 Å². The number of hydrogen-bond acceptors (Lipinski definition) is 15. The minimum absolute atomic E-state index is 0.0908. The van der Waals surface area contributed by atoms with Gasteiger partial charge in [-0.1, -0.05) is 73.9 Å². The highest BCUT2D eigenvalue weighted by molar-refractivity contribution is 6.05. The number of benzene rings is 1. The Hall–Kier alpha value is -6.32. The number of rotatable bonds is 13. The van der Waals surface area contributed by atoms with Crippen LogP contribution in [0.4, 0.5) is 4.79 Å². The summed E-state index contributed by atoms with van der Waals surface area (Å²) in [5.74, 6) is -9.29. The molecule has 4 fully saturated rings. The quantitative estimate of drug-likeness (QED) is 0.120. The van der Waals surface area contributed by atoms with Gasteiger partial charge in [0.05, 0.1) is 31.6 Å². The zero-order chi connectivity index (χ0) is 61.3. The molecule has 0 aromatic heterocycles. The molecule has 458 valence electrons. The summed E-state index contributed by atoms with van der Waals surface area (Å²) in [5.41, 5.74) is -1.54. The molecular formula is C60H93N7O15. The predicted molar refractivity (Wildman–Crippen MR) is 302 cm³/mol. The maximum Gasteiger partial charge on any atom is 0.411 e. The monoisotopic (exact) mass is 1150 g/mol. The Morgan fingerprint density at radius 2 is 1.51 bits per heavy atom. The Bertz CT molecular complexity index is 2480. The third-order valence-corrected chi connectivity index (χ3v) is 16.4. The number of aliphatic hydroxyl groups excluding tert-OH is 1. The number of likely N-dealkylation sites (N-methyl/N-ethyl adjacent to an activating group) is 1. The summed E-state index contributed by atoms with van der Waals surface area (Å²) in [4.78, 5) is 151. The second-order valence-corrected chi connectivity index (χ2v) is 25.2. The highest BCUT2D eigenvalue weighted by Gasteiger charge is 2.58. The van der Waals surface area contributed by atoms with Crippen LogP contribution in [0.3, 0.4) is 0 Å². The van der Waals surface area contributed by atoms with Crippen LogP contribution in [0.5, 0.6) is 5.75 Å². The fourth-order valence-electron chi connectivity index (χ4n) is 11.6. The summed E-state index contributed by atoms with van der Waals surface area (Å²) in [6, 6.07) is -1.03. The highest BCUT2D eigenvalue weighted by Crippen LogP contribution is 2.41. The van der Waals surface area contributed by atoms with Gasteiger partial charge in [-0.05, 0) is 121 Å². The molecule has 5 rings (SSSR count). The maximum absolute atomic E-state index is 15.1. The van der Waals surface area contributed by atoms with Crippen LogP contribution in [-0.4, -0.2) is 183 Å². The second-order valence-electron chi connectivity index (χ2n) is 25.2. The molecule has 1 aromatic rings. The molecule has 0 unspecified atom stereocenters. The standard InChI is InChI=1S/C60H93N7O15/c1-16-36(8)47-45(68)32-46(69)81-50(35(6)7)49(70)37(9)51(71)61-41(29-33(2)3)54(74)65-26-17-19-42(65)55(75)64(14)44(31-39-20-22-40(79-15)23-21-39)56(76)80-38(10)48(53(73)62-47)63-52(72)43(30-34(4)5)66-28-25-60(57(66)77)24-18-27-67(60)58(78)82-59(11,12)13/h20-23,33-38,41-45,47-48,50,68H,16-19,24-32H2,1-15H3,(H,61,71)(H,62,73)(H,63,72)/t36-,37-,38+,41-,42-,43+,44-,45-,47-,48-,50-,60+/m0/s1. The smallest absolute Gasteiger partial charge is 0.411 e. The van der Waals surface area contributed by atoms with Gasteiger partial charge in [-0.2, -0.15) is 0 Å². The number of ketones is 1. The van der Waals surface area contributed by atoms with Gasteiger partial charge >= 0.3 is 18.0 Å². The fourth-order valence-corrected chi connectivity index (χ4v) is 11.6. The zero-order valence-electron chi connectivity index (χ0n) is 51.0. The summed E-state index contributed by atoms with van der Waals surface area (Å²) in [6.45, 7) is 22.6. The number of hydrogen-bond donors (Lipinski definition) is 4. The summed E-state index contributed by atoms with van der Waals surface area (Å²) >= 11 is 0. The summed E-state index contributed by atoms with van der Waals surface area (Å²) < 4.78 is 23.1. The second kappa shape index (κ2) is 28.3. The first-order chi connectivity index (χ1) is 38.3. The van der Waals surface area contributed by atoms with Crippen molar-refractivity contribution in [2.24, 2.45) is 29.6 Å². The van der Waals surface area contributed by atoms with E-state index in [-0.39, 0.29) is 63.6 Å². The lowest BCUT2D eigenvalue weighted by Gasteiger charge is -2.37. The third-order valence-electron chi connectivity index (χ3n) is 16.4. The summed E-state index contributed by atoms with van der Waals surface area (Å²) in [7, 11) is 2.91. The molecule has 4 aliphatic rings. The van der Waals surface area contributed by atoms with Crippen molar-refractivity contribution in [3.8, 4) is 5.75 Å². The van der Waals surface area contributed by atoms with Crippen LogP contribution in [0, 0.1) is 29.6 Å². The molecule has 0 bridgehead atoms. The van der Waals surface area contributed by atoms with Gasteiger partial charge in [0, 0.05) is 33.1 Å². The first kappa shape index (κ1) is 66.5. The number of carbonyl (C=O) groups excluding carboxylic acids is 10. The number of aliphatic hydroxyl groups is 1. The van der Waals surface area contributed by atoms with Crippen LogP contribution >= 0.6 is 0 Å². The van der Waals surface area contributed by atoms with Crippen molar-refractivity contribution < 1.29 is 72.0 Å². The van der Waals surface area contributed by atoms with E-state index in [4.69, 9.17) is 18.9 Å². The Balaban J connectivity index is 1.62. The molecule has 4 saturated heterocycles. The molecule has 4 aliphatic heterocycles. The number of ether oxygens (including phenoxy) is 4. The van der Waals surface area contributed by atoms with Crippen molar-refractivity contribution in [1.29, 1.82) is 0 Å². The average molecular weight is 1150 g/mol. The molecule has 1 aromatic carbocycles. The average Bonchev–Trinajstić information content (AvgIpc) is 4.05.